The summed E-state index contributed by atoms with van der Waals surface area (Å²) in [6, 6.07) is 3.71. The van der Waals surface area contributed by atoms with Crippen LogP contribution in [0.2, 0.25) is 0 Å². The Labute approximate surface area is 148 Å². The molecule has 1 aliphatic heterocycles. The zero-order chi connectivity index (χ0) is 18.8. The minimum absolute atomic E-state index is 0.241. The fourth-order valence-electron chi connectivity index (χ4n) is 3.29. The van der Waals surface area contributed by atoms with Crippen molar-refractivity contribution >= 4 is 21.9 Å². The summed E-state index contributed by atoms with van der Waals surface area (Å²) >= 11 is 0. The Morgan fingerprint density at radius 1 is 1.16 bits per heavy atom. The number of esters is 1. The number of nitrogens with zero attached hydrogens (tertiary/aromatic N) is 1. The third kappa shape index (κ3) is 4.38. The molecule has 0 atom stereocenters. The lowest BCUT2D eigenvalue weighted by Gasteiger charge is -2.31. The summed E-state index contributed by atoms with van der Waals surface area (Å²) < 4.78 is 32.2. The largest absolute Gasteiger partial charge is 0.455 e. The lowest BCUT2D eigenvalue weighted by atomic mass is 9.98. The number of hydrogen-bond donors (Lipinski definition) is 1. The molecule has 0 aliphatic carbocycles. The molecule has 25 heavy (non-hydrogen) atoms. The second-order valence-corrected chi connectivity index (χ2v) is 8.36. The Kier molecular flexibility index (Phi) is 5.84. The maximum atomic E-state index is 13.0. The van der Waals surface area contributed by atoms with Gasteiger partial charge in [-0.25, -0.2) is 8.42 Å². The Hall–Kier alpha value is -1.93. The zero-order valence-electron chi connectivity index (χ0n) is 14.7. The number of amides is 1. The van der Waals surface area contributed by atoms with E-state index in [0.29, 0.717) is 17.7 Å². The van der Waals surface area contributed by atoms with Gasteiger partial charge in [0.1, 0.15) is 0 Å². The molecule has 1 heterocycles. The normalized spacial score (nSPS) is 16.6. The molecule has 2 N–H and O–H groups in total. The maximum Gasteiger partial charge on any atom is 0.309 e. The van der Waals surface area contributed by atoms with Crippen LogP contribution in [0.15, 0.2) is 17.0 Å². The van der Waals surface area contributed by atoms with Gasteiger partial charge in [0.15, 0.2) is 6.61 Å². The summed E-state index contributed by atoms with van der Waals surface area (Å²) in [5.74, 6) is -1.62. The van der Waals surface area contributed by atoms with Crippen LogP contribution in [-0.4, -0.2) is 44.3 Å². The van der Waals surface area contributed by atoms with Crippen LogP contribution >= 0.6 is 0 Å². The van der Waals surface area contributed by atoms with Crippen molar-refractivity contribution in [3.05, 3.63) is 28.8 Å². The van der Waals surface area contributed by atoms with Crippen molar-refractivity contribution in [2.75, 3.05) is 19.7 Å². The van der Waals surface area contributed by atoms with Gasteiger partial charge in [-0.3, -0.25) is 9.59 Å². The first-order chi connectivity index (χ1) is 11.6. The molecule has 1 aliphatic rings. The minimum Gasteiger partial charge on any atom is -0.455 e. The molecule has 1 amide bonds. The van der Waals surface area contributed by atoms with E-state index in [2.05, 4.69) is 0 Å². The van der Waals surface area contributed by atoms with Gasteiger partial charge in [0.2, 0.25) is 10.0 Å². The number of carbonyl (C=O) groups is 2. The fraction of sp³-hybridized carbons (Fsp3) is 0.529. The molecule has 0 bridgehead atoms. The highest BCUT2D eigenvalue weighted by molar-refractivity contribution is 7.89. The summed E-state index contributed by atoms with van der Waals surface area (Å²) in [5, 5.41) is 0. The number of nitrogens with two attached hydrogens (primary N) is 1. The summed E-state index contributed by atoms with van der Waals surface area (Å²) in [4.78, 5) is 22.9. The zero-order valence-corrected chi connectivity index (χ0v) is 15.6. The van der Waals surface area contributed by atoms with E-state index in [4.69, 9.17) is 10.5 Å². The van der Waals surface area contributed by atoms with Gasteiger partial charge < -0.3 is 10.5 Å². The first-order valence-corrected chi connectivity index (χ1v) is 9.60. The van der Waals surface area contributed by atoms with Gasteiger partial charge in [-0.05, 0) is 44.7 Å². The molecular weight excluding hydrogens is 344 g/mol. The predicted octanol–water partition coefficient (Wildman–Crippen LogP) is 1.04. The van der Waals surface area contributed by atoms with Crippen molar-refractivity contribution in [2.24, 2.45) is 11.7 Å². The number of piperidine rings is 1. The number of rotatable bonds is 5. The Balaban J connectivity index is 2.10. The number of primary amides is 1. The average molecular weight is 368 g/mol. The van der Waals surface area contributed by atoms with Gasteiger partial charge in [-0.15, -0.1) is 0 Å². The van der Waals surface area contributed by atoms with Crippen molar-refractivity contribution < 1.29 is 22.7 Å². The van der Waals surface area contributed by atoms with Gasteiger partial charge in [0, 0.05) is 13.1 Å². The van der Waals surface area contributed by atoms with E-state index >= 15 is 0 Å². The Bertz CT molecular complexity index is 757. The van der Waals surface area contributed by atoms with Crippen LogP contribution in [0.1, 0.15) is 29.5 Å². The summed E-state index contributed by atoms with van der Waals surface area (Å²) in [7, 11) is -3.61. The van der Waals surface area contributed by atoms with Crippen LogP contribution in [0, 0.1) is 26.7 Å². The fourth-order valence-corrected chi connectivity index (χ4v) is 5.18. The van der Waals surface area contributed by atoms with E-state index in [-0.39, 0.29) is 13.1 Å². The van der Waals surface area contributed by atoms with Gasteiger partial charge >= 0.3 is 5.97 Å². The second-order valence-electron chi connectivity index (χ2n) is 6.48. The van der Waals surface area contributed by atoms with E-state index < -0.39 is 34.4 Å². The summed E-state index contributed by atoms with van der Waals surface area (Å²) in [5.41, 5.74) is 7.41. The first kappa shape index (κ1) is 19.4. The molecule has 0 aromatic heterocycles. The van der Waals surface area contributed by atoms with Crippen molar-refractivity contribution in [1.29, 1.82) is 0 Å². The van der Waals surface area contributed by atoms with Crippen LogP contribution < -0.4 is 5.73 Å². The topological polar surface area (TPSA) is 107 Å². The lowest BCUT2D eigenvalue weighted by Crippen LogP contribution is -2.41. The van der Waals surface area contributed by atoms with Gasteiger partial charge in [0.25, 0.3) is 5.91 Å². The van der Waals surface area contributed by atoms with Crippen molar-refractivity contribution in [2.45, 2.75) is 38.5 Å². The Morgan fingerprint density at radius 2 is 1.68 bits per heavy atom. The highest BCUT2D eigenvalue weighted by Crippen LogP contribution is 2.29. The number of aryl methyl sites for hydroxylation is 3. The van der Waals surface area contributed by atoms with E-state index in [9.17, 15) is 18.0 Å². The van der Waals surface area contributed by atoms with Crippen LogP contribution in [0.25, 0.3) is 0 Å². The molecular formula is C17H24N2O5S. The molecule has 0 saturated carbocycles. The van der Waals surface area contributed by atoms with Crippen LogP contribution in [0.3, 0.4) is 0 Å². The van der Waals surface area contributed by atoms with Gasteiger partial charge in [-0.2, -0.15) is 4.31 Å². The quantitative estimate of drug-likeness (QED) is 0.782. The molecule has 0 radical (unpaired) electrons. The van der Waals surface area contributed by atoms with Crippen LogP contribution in [0.4, 0.5) is 0 Å². The minimum atomic E-state index is -3.61. The van der Waals surface area contributed by atoms with E-state index in [1.807, 2.05) is 19.1 Å². The lowest BCUT2D eigenvalue weighted by molar-refractivity contribution is -0.153. The molecule has 1 aromatic carbocycles. The number of benzene rings is 1. The second kappa shape index (κ2) is 7.53. The van der Waals surface area contributed by atoms with Crippen molar-refractivity contribution in [3.63, 3.8) is 0 Å². The molecule has 0 spiro atoms. The number of carbonyl (C=O) groups excluding carboxylic acids is 2. The van der Waals surface area contributed by atoms with Crippen LogP contribution in [0.5, 0.6) is 0 Å². The first-order valence-electron chi connectivity index (χ1n) is 8.16. The van der Waals surface area contributed by atoms with Crippen molar-refractivity contribution in [3.8, 4) is 0 Å². The smallest absolute Gasteiger partial charge is 0.309 e. The van der Waals surface area contributed by atoms with Gasteiger partial charge in [-0.1, -0.05) is 17.7 Å². The third-order valence-corrected chi connectivity index (χ3v) is 6.55. The molecule has 8 heteroatoms. The molecule has 0 unspecified atom stereocenters. The van der Waals surface area contributed by atoms with Crippen molar-refractivity contribution in [1.82, 2.24) is 4.31 Å². The van der Waals surface area contributed by atoms with E-state index in [1.54, 1.807) is 13.8 Å². The number of hydrogen-bond acceptors (Lipinski definition) is 5. The van der Waals surface area contributed by atoms with E-state index in [1.165, 1.54) is 4.31 Å². The number of sulfonamides is 1. The van der Waals surface area contributed by atoms with Gasteiger partial charge in [0.05, 0.1) is 10.8 Å². The highest BCUT2D eigenvalue weighted by Gasteiger charge is 2.34. The molecule has 138 valence electrons. The van der Waals surface area contributed by atoms with Crippen LogP contribution in [-0.2, 0) is 24.3 Å². The predicted molar refractivity (Wildman–Crippen MR) is 92.3 cm³/mol. The Morgan fingerprint density at radius 3 is 2.16 bits per heavy atom. The molecule has 1 fully saturated rings. The molecule has 1 aromatic rings. The molecule has 1 saturated heterocycles. The summed E-state index contributed by atoms with van der Waals surface area (Å²) in [6.07, 6.45) is 0.724. The standard InChI is InChI=1S/C17H24N2O5S/c1-11-8-12(2)16(13(3)9-11)25(22,23)19-6-4-14(5-7-19)17(21)24-10-15(18)20/h8-9,14H,4-7,10H2,1-3H3,(H2,18,20). The SMILES string of the molecule is Cc1cc(C)c(S(=O)(=O)N2CCC(C(=O)OCC(N)=O)CC2)c(C)c1. The summed E-state index contributed by atoms with van der Waals surface area (Å²) in [6.45, 7) is 5.55. The maximum absolute atomic E-state index is 13.0. The molecule has 2 rings (SSSR count). The van der Waals surface area contributed by atoms with E-state index in [0.717, 1.165) is 16.7 Å². The number of ether oxygens (including phenoxy) is 1. The average Bonchev–Trinajstić information content (AvgIpc) is 2.51. The molecule has 7 nitrogen and oxygen atoms in total. The third-order valence-electron chi connectivity index (χ3n) is 4.35. The highest BCUT2D eigenvalue weighted by atomic mass is 32.2. The monoisotopic (exact) mass is 368 g/mol.